The number of rotatable bonds is 3. The SMILES string of the molecule is CCO/C=C\B1OC(C)(C)C(C)(C)O1. The van der Waals surface area contributed by atoms with Crippen LogP contribution in [-0.4, -0.2) is 24.9 Å². The molecule has 0 saturated carbocycles. The van der Waals surface area contributed by atoms with E-state index in [1.54, 1.807) is 12.2 Å². The fourth-order valence-electron chi connectivity index (χ4n) is 1.18. The van der Waals surface area contributed by atoms with Gasteiger partial charge < -0.3 is 14.0 Å². The molecule has 0 radical (unpaired) electrons. The van der Waals surface area contributed by atoms with Gasteiger partial charge in [0, 0.05) is 0 Å². The van der Waals surface area contributed by atoms with Gasteiger partial charge in [-0.1, -0.05) is 0 Å². The lowest BCUT2D eigenvalue weighted by Gasteiger charge is -2.32. The summed E-state index contributed by atoms with van der Waals surface area (Å²) in [5.74, 6) is 1.79. The molecule has 0 aromatic heterocycles. The third kappa shape index (κ3) is 2.31. The fourth-order valence-corrected chi connectivity index (χ4v) is 1.18. The minimum Gasteiger partial charge on any atom is -0.502 e. The Morgan fingerprint density at radius 3 is 2.07 bits per heavy atom. The highest BCUT2D eigenvalue weighted by Gasteiger charge is 2.50. The molecule has 1 rings (SSSR count). The lowest BCUT2D eigenvalue weighted by Crippen LogP contribution is -2.41. The van der Waals surface area contributed by atoms with Crippen LogP contribution >= 0.6 is 0 Å². The zero-order valence-corrected chi connectivity index (χ0v) is 9.66. The Morgan fingerprint density at radius 1 is 1.14 bits per heavy atom. The van der Waals surface area contributed by atoms with Crippen molar-refractivity contribution >= 4 is 7.12 Å². The summed E-state index contributed by atoms with van der Waals surface area (Å²) in [6, 6.07) is 0. The number of ether oxygens (including phenoxy) is 1. The van der Waals surface area contributed by atoms with Gasteiger partial charge in [0.25, 0.3) is 0 Å². The molecule has 1 heterocycles. The molecule has 0 N–H and O–H groups in total. The van der Waals surface area contributed by atoms with E-state index in [2.05, 4.69) is 0 Å². The molecule has 1 aliphatic heterocycles. The van der Waals surface area contributed by atoms with E-state index in [9.17, 15) is 0 Å². The molecule has 0 atom stereocenters. The van der Waals surface area contributed by atoms with Crippen LogP contribution in [0.3, 0.4) is 0 Å². The smallest absolute Gasteiger partial charge is 0.490 e. The van der Waals surface area contributed by atoms with Gasteiger partial charge in [-0.15, -0.1) is 0 Å². The Kier molecular flexibility index (Phi) is 3.27. The van der Waals surface area contributed by atoms with E-state index in [1.807, 2.05) is 34.6 Å². The van der Waals surface area contributed by atoms with Gasteiger partial charge in [0.15, 0.2) is 0 Å². The second kappa shape index (κ2) is 3.95. The summed E-state index contributed by atoms with van der Waals surface area (Å²) >= 11 is 0. The fraction of sp³-hybridized carbons (Fsp3) is 0.800. The van der Waals surface area contributed by atoms with Crippen LogP contribution in [0.1, 0.15) is 34.6 Å². The van der Waals surface area contributed by atoms with Crippen molar-refractivity contribution in [1.29, 1.82) is 0 Å². The molecule has 14 heavy (non-hydrogen) atoms. The minimum absolute atomic E-state index is 0.270. The van der Waals surface area contributed by atoms with E-state index in [0.717, 1.165) is 0 Å². The third-order valence-corrected chi connectivity index (χ3v) is 2.77. The van der Waals surface area contributed by atoms with Gasteiger partial charge in [-0.25, -0.2) is 0 Å². The van der Waals surface area contributed by atoms with Crippen molar-refractivity contribution < 1.29 is 14.0 Å². The molecule has 0 amide bonds. The lowest BCUT2D eigenvalue weighted by atomic mass is 9.90. The van der Waals surface area contributed by atoms with Crippen molar-refractivity contribution in [2.45, 2.75) is 45.8 Å². The van der Waals surface area contributed by atoms with Crippen molar-refractivity contribution in [2.75, 3.05) is 6.61 Å². The molecular formula is C10H19BO3. The Morgan fingerprint density at radius 2 is 1.64 bits per heavy atom. The Bertz CT molecular complexity index is 207. The van der Waals surface area contributed by atoms with Gasteiger partial charge >= 0.3 is 7.12 Å². The van der Waals surface area contributed by atoms with Crippen LogP contribution in [0.15, 0.2) is 12.2 Å². The summed E-state index contributed by atoms with van der Waals surface area (Å²) in [6.07, 6.45) is 1.63. The molecule has 0 unspecified atom stereocenters. The molecular weight excluding hydrogens is 179 g/mol. The summed E-state index contributed by atoms with van der Waals surface area (Å²) in [6.45, 7) is 10.7. The topological polar surface area (TPSA) is 27.7 Å². The van der Waals surface area contributed by atoms with Crippen LogP contribution in [0.2, 0.25) is 0 Å². The van der Waals surface area contributed by atoms with E-state index in [0.29, 0.717) is 6.61 Å². The van der Waals surface area contributed by atoms with Crippen LogP contribution < -0.4 is 0 Å². The zero-order valence-electron chi connectivity index (χ0n) is 9.66. The minimum atomic E-state index is -0.299. The second-order valence-electron chi connectivity index (χ2n) is 4.41. The van der Waals surface area contributed by atoms with Crippen LogP contribution in [0, 0.1) is 0 Å². The standard InChI is InChI=1S/C10H19BO3/c1-6-12-8-7-11-13-9(2,3)10(4,5)14-11/h7-8H,6H2,1-5H3/b8-7-. The second-order valence-corrected chi connectivity index (χ2v) is 4.41. The predicted octanol–water partition coefficient (Wildman–Crippen LogP) is 2.17. The van der Waals surface area contributed by atoms with Gasteiger partial charge in [-0.05, 0) is 40.6 Å². The molecule has 0 bridgehead atoms. The van der Waals surface area contributed by atoms with Crippen LogP contribution in [0.5, 0.6) is 0 Å². The summed E-state index contributed by atoms with van der Waals surface area (Å²) in [5.41, 5.74) is -0.539. The van der Waals surface area contributed by atoms with Crippen molar-refractivity contribution in [1.82, 2.24) is 0 Å². The predicted molar refractivity (Wildman–Crippen MR) is 56.8 cm³/mol. The highest BCUT2D eigenvalue weighted by atomic mass is 16.7. The van der Waals surface area contributed by atoms with Gasteiger partial charge in [0.05, 0.1) is 24.1 Å². The third-order valence-electron chi connectivity index (χ3n) is 2.77. The van der Waals surface area contributed by atoms with Gasteiger partial charge in [-0.3, -0.25) is 0 Å². The van der Waals surface area contributed by atoms with Crippen LogP contribution in [0.25, 0.3) is 0 Å². The van der Waals surface area contributed by atoms with Crippen molar-refractivity contribution in [3.05, 3.63) is 12.2 Å². The Balaban J connectivity index is 2.55. The highest BCUT2D eigenvalue weighted by Crippen LogP contribution is 2.36. The number of hydrogen-bond donors (Lipinski definition) is 0. The first-order chi connectivity index (χ1) is 6.39. The van der Waals surface area contributed by atoms with Gasteiger partial charge in [0.2, 0.25) is 0 Å². The zero-order chi connectivity index (χ0) is 10.8. The van der Waals surface area contributed by atoms with E-state index in [4.69, 9.17) is 14.0 Å². The molecule has 1 aliphatic rings. The summed E-state index contributed by atoms with van der Waals surface area (Å²) in [7, 11) is -0.299. The highest BCUT2D eigenvalue weighted by molar-refractivity contribution is 6.51. The van der Waals surface area contributed by atoms with Crippen LogP contribution in [0.4, 0.5) is 0 Å². The van der Waals surface area contributed by atoms with E-state index in [-0.39, 0.29) is 18.3 Å². The van der Waals surface area contributed by atoms with Crippen molar-refractivity contribution in [3.63, 3.8) is 0 Å². The quantitative estimate of drug-likeness (QED) is 0.513. The maximum absolute atomic E-state index is 5.72. The monoisotopic (exact) mass is 198 g/mol. The van der Waals surface area contributed by atoms with E-state index >= 15 is 0 Å². The Labute approximate surface area is 86.6 Å². The summed E-state index contributed by atoms with van der Waals surface area (Å²) in [5, 5.41) is 0. The molecule has 1 saturated heterocycles. The normalized spacial score (nSPS) is 24.5. The number of hydrogen-bond acceptors (Lipinski definition) is 3. The molecule has 3 nitrogen and oxygen atoms in total. The molecule has 0 aromatic carbocycles. The largest absolute Gasteiger partial charge is 0.502 e. The van der Waals surface area contributed by atoms with Gasteiger partial charge in [0.1, 0.15) is 0 Å². The average Bonchev–Trinajstić information content (AvgIpc) is 2.21. The lowest BCUT2D eigenvalue weighted by molar-refractivity contribution is 0.00578. The molecule has 0 aromatic rings. The summed E-state index contributed by atoms with van der Waals surface area (Å²) < 4.78 is 16.5. The van der Waals surface area contributed by atoms with Crippen LogP contribution in [-0.2, 0) is 14.0 Å². The maximum Gasteiger partial charge on any atom is 0.490 e. The van der Waals surface area contributed by atoms with Gasteiger partial charge in [-0.2, -0.15) is 0 Å². The molecule has 80 valence electrons. The van der Waals surface area contributed by atoms with Crippen molar-refractivity contribution in [3.8, 4) is 0 Å². The van der Waals surface area contributed by atoms with E-state index < -0.39 is 0 Å². The first-order valence-electron chi connectivity index (χ1n) is 5.03. The first-order valence-corrected chi connectivity index (χ1v) is 5.03. The Hall–Kier alpha value is -0.475. The molecule has 0 aliphatic carbocycles. The molecule has 4 heteroatoms. The first kappa shape index (κ1) is 11.6. The summed E-state index contributed by atoms with van der Waals surface area (Å²) in [4.78, 5) is 0. The molecule has 1 fully saturated rings. The van der Waals surface area contributed by atoms with E-state index in [1.165, 1.54) is 0 Å². The maximum atomic E-state index is 5.72. The average molecular weight is 198 g/mol. The van der Waals surface area contributed by atoms with Crippen molar-refractivity contribution in [2.24, 2.45) is 0 Å². The molecule has 0 spiro atoms.